The SMILES string of the molecule is O=C(O)[C@@H]1CC1(c1ccccc1Br)C1CC1. The van der Waals surface area contributed by atoms with Gasteiger partial charge < -0.3 is 5.11 Å². The third kappa shape index (κ3) is 1.34. The van der Waals surface area contributed by atoms with Gasteiger partial charge in [-0.1, -0.05) is 34.1 Å². The van der Waals surface area contributed by atoms with Gasteiger partial charge >= 0.3 is 5.97 Å². The number of rotatable bonds is 3. The van der Waals surface area contributed by atoms with Crippen molar-refractivity contribution in [3.8, 4) is 0 Å². The first-order chi connectivity index (χ1) is 7.66. The zero-order valence-corrected chi connectivity index (χ0v) is 10.4. The monoisotopic (exact) mass is 280 g/mol. The lowest BCUT2D eigenvalue weighted by Gasteiger charge is -2.17. The summed E-state index contributed by atoms with van der Waals surface area (Å²) >= 11 is 3.55. The molecule has 2 nitrogen and oxygen atoms in total. The number of aliphatic carboxylic acids is 1. The molecule has 0 radical (unpaired) electrons. The molecule has 3 rings (SSSR count). The number of carboxylic acid groups (broad SMARTS) is 1. The zero-order valence-electron chi connectivity index (χ0n) is 8.82. The van der Waals surface area contributed by atoms with Crippen LogP contribution in [0.15, 0.2) is 28.7 Å². The molecule has 2 fully saturated rings. The summed E-state index contributed by atoms with van der Waals surface area (Å²) in [6.45, 7) is 0. The Morgan fingerprint density at radius 1 is 1.38 bits per heavy atom. The Bertz CT molecular complexity index is 453. The standard InChI is InChI=1S/C13H13BrO2/c14-11-4-2-1-3-9(11)13(8-5-6-8)7-10(13)12(15)16/h1-4,8,10H,5-7H2,(H,15,16)/t10-,13?/m0/s1. The number of carbonyl (C=O) groups is 1. The lowest BCUT2D eigenvalue weighted by Crippen LogP contribution is -2.18. The van der Waals surface area contributed by atoms with E-state index in [9.17, 15) is 9.90 Å². The summed E-state index contributed by atoms with van der Waals surface area (Å²) in [5.41, 5.74) is 1.14. The fourth-order valence-electron chi connectivity index (χ4n) is 2.99. The number of hydrogen-bond donors (Lipinski definition) is 1. The summed E-state index contributed by atoms with van der Waals surface area (Å²) in [6.07, 6.45) is 3.19. The average molecular weight is 281 g/mol. The van der Waals surface area contributed by atoms with Crippen molar-refractivity contribution in [3.63, 3.8) is 0 Å². The quantitative estimate of drug-likeness (QED) is 0.923. The Morgan fingerprint density at radius 2 is 2.06 bits per heavy atom. The van der Waals surface area contributed by atoms with Crippen LogP contribution >= 0.6 is 15.9 Å². The summed E-state index contributed by atoms with van der Waals surface area (Å²) in [5.74, 6) is -0.214. The van der Waals surface area contributed by atoms with Gasteiger partial charge in [-0.15, -0.1) is 0 Å². The first-order valence-electron chi connectivity index (χ1n) is 5.64. The van der Waals surface area contributed by atoms with Crippen molar-refractivity contribution < 1.29 is 9.90 Å². The Balaban J connectivity index is 2.03. The second-order valence-corrected chi connectivity index (χ2v) is 5.74. The van der Waals surface area contributed by atoms with Crippen LogP contribution < -0.4 is 0 Å². The van der Waals surface area contributed by atoms with Crippen molar-refractivity contribution >= 4 is 21.9 Å². The maximum absolute atomic E-state index is 11.2. The van der Waals surface area contributed by atoms with Crippen LogP contribution in [-0.4, -0.2) is 11.1 Å². The summed E-state index contributed by atoms with van der Waals surface area (Å²) in [7, 11) is 0. The maximum Gasteiger partial charge on any atom is 0.307 e. The highest BCUT2D eigenvalue weighted by atomic mass is 79.9. The molecule has 0 aliphatic heterocycles. The minimum absolute atomic E-state index is 0.0636. The van der Waals surface area contributed by atoms with E-state index in [0.717, 1.165) is 10.9 Å². The second kappa shape index (κ2) is 3.33. The van der Waals surface area contributed by atoms with Gasteiger partial charge in [-0.25, -0.2) is 0 Å². The summed E-state index contributed by atoms with van der Waals surface area (Å²) in [4.78, 5) is 11.2. The number of carboxylic acids is 1. The van der Waals surface area contributed by atoms with E-state index in [4.69, 9.17) is 0 Å². The predicted molar refractivity (Wildman–Crippen MR) is 64.3 cm³/mol. The molecule has 16 heavy (non-hydrogen) atoms. The van der Waals surface area contributed by atoms with Gasteiger partial charge in [0.25, 0.3) is 0 Å². The smallest absolute Gasteiger partial charge is 0.307 e. The molecule has 0 saturated heterocycles. The van der Waals surface area contributed by atoms with Gasteiger partial charge in [0, 0.05) is 9.89 Å². The molecule has 1 N–H and O–H groups in total. The van der Waals surface area contributed by atoms with Crippen LogP contribution in [0.25, 0.3) is 0 Å². The van der Waals surface area contributed by atoms with E-state index < -0.39 is 5.97 Å². The molecule has 1 aromatic rings. The number of halogens is 1. The van der Waals surface area contributed by atoms with Crippen molar-refractivity contribution in [2.24, 2.45) is 11.8 Å². The van der Waals surface area contributed by atoms with Crippen molar-refractivity contribution in [3.05, 3.63) is 34.3 Å². The van der Waals surface area contributed by atoms with Crippen molar-refractivity contribution in [2.45, 2.75) is 24.7 Å². The Hall–Kier alpha value is -0.830. The molecule has 0 heterocycles. The van der Waals surface area contributed by atoms with Crippen LogP contribution in [0.1, 0.15) is 24.8 Å². The summed E-state index contributed by atoms with van der Waals surface area (Å²) < 4.78 is 1.06. The highest BCUT2D eigenvalue weighted by molar-refractivity contribution is 9.10. The molecule has 2 aliphatic carbocycles. The van der Waals surface area contributed by atoms with Crippen LogP contribution in [0, 0.1) is 11.8 Å². The molecule has 0 spiro atoms. The van der Waals surface area contributed by atoms with Gasteiger partial charge in [0.2, 0.25) is 0 Å². The fraction of sp³-hybridized carbons (Fsp3) is 0.462. The molecule has 2 aliphatic rings. The van der Waals surface area contributed by atoms with E-state index in [0.29, 0.717) is 5.92 Å². The largest absolute Gasteiger partial charge is 0.481 e. The Labute approximate surface area is 103 Å². The molecule has 3 heteroatoms. The van der Waals surface area contributed by atoms with Crippen LogP contribution in [0.5, 0.6) is 0 Å². The predicted octanol–water partition coefficient (Wildman–Crippen LogP) is 3.20. The van der Waals surface area contributed by atoms with Gasteiger partial charge in [0.1, 0.15) is 0 Å². The molecule has 84 valence electrons. The lowest BCUT2D eigenvalue weighted by atomic mass is 9.88. The molecule has 0 bridgehead atoms. The first-order valence-corrected chi connectivity index (χ1v) is 6.43. The van der Waals surface area contributed by atoms with Crippen LogP contribution in [0.2, 0.25) is 0 Å². The van der Waals surface area contributed by atoms with E-state index in [1.165, 1.54) is 18.4 Å². The summed E-state index contributed by atoms with van der Waals surface area (Å²) in [5, 5.41) is 9.20. The minimum Gasteiger partial charge on any atom is -0.481 e. The molecule has 1 unspecified atom stereocenters. The average Bonchev–Trinajstić information content (AvgIpc) is 3.12. The second-order valence-electron chi connectivity index (χ2n) is 4.89. The van der Waals surface area contributed by atoms with E-state index in [1.807, 2.05) is 18.2 Å². The molecule has 2 atom stereocenters. The van der Waals surface area contributed by atoms with E-state index in [2.05, 4.69) is 22.0 Å². The van der Waals surface area contributed by atoms with Crippen molar-refractivity contribution in [1.29, 1.82) is 0 Å². The van der Waals surface area contributed by atoms with Crippen molar-refractivity contribution in [2.75, 3.05) is 0 Å². The fourth-order valence-corrected chi connectivity index (χ4v) is 3.65. The van der Waals surface area contributed by atoms with Crippen molar-refractivity contribution in [1.82, 2.24) is 0 Å². The van der Waals surface area contributed by atoms with E-state index in [-0.39, 0.29) is 11.3 Å². The number of hydrogen-bond acceptors (Lipinski definition) is 1. The van der Waals surface area contributed by atoms with Gasteiger partial charge in [0.05, 0.1) is 5.92 Å². The molecular weight excluding hydrogens is 268 g/mol. The van der Waals surface area contributed by atoms with E-state index >= 15 is 0 Å². The summed E-state index contributed by atoms with van der Waals surface area (Å²) in [6, 6.07) is 8.07. The van der Waals surface area contributed by atoms with E-state index in [1.54, 1.807) is 0 Å². The third-order valence-electron chi connectivity index (χ3n) is 3.98. The Kier molecular flexibility index (Phi) is 2.15. The zero-order chi connectivity index (χ0) is 11.3. The third-order valence-corrected chi connectivity index (χ3v) is 4.67. The van der Waals surface area contributed by atoms with Crippen LogP contribution in [-0.2, 0) is 10.2 Å². The molecule has 2 saturated carbocycles. The van der Waals surface area contributed by atoms with Gasteiger partial charge in [-0.05, 0) is 36.8 Å². The highest BCUT2D eigenvalue weighted by Crippen LogP contribution is 2.67. The normalized spacial score (nSPS) is 32.4. The minimum atomic E-state index is -0.636. The first kappa shape index (κ1) is 10.3. The maximum atomic E-state index is 11.2. The van der Waals surface area contributed by atoms with Crippen LogP contribution in [0.3, 0.4) is 0 Å². The molecule has 1 aromatic carbocycles. The van der Waals surface area contributed by atoms with Crippen LogP contribution in [0.4, 0.5) is 0 Å². The highest BCUT2D eigenvalue weighted by Gasteiger charge is 2.66. The lowest BCUT2D eigenvalue weighted by molar-refractivity contribution is -0.139. The van der Waals surface area contributed by atoms with Gasteiger partial charge in [-0.2, -0.15) is 0 Å². The molecular formula is C13H13BrO2. The molecule has 0 amide bonds. The molecule has 0 aromatic heterocycles. The topological polar surface area (TPSA) is 37.3 Å². The van der Waals surface area contributed by atoms with Gasteiger partial charge in [-0.3, -0.25) is 4.79 Å². The number of benzene rings is 1. The Morgan fingerprint density at radius 3 is 2.56 bits per heavy atom. The van der Waals surface area contributed by atoms with Gasteiger partial charge in [0.15, 0.2) is 0 Å².